The van der Waals surface area contributed by atoms with Gasteiger partial charge in [-0.3, -0.25) is 4.90 Å². The quantitative estimate of drug-likeness (QED) is 0.768. The maximum Gasteiger partial charge on any atom is 0.0618 e. The summed E-state index contributed by atoms with van der Waals surface area (Å²) in [6.45, 7) is 5.96. The van der Waals surface area contributed by atoms with Crippen LogP contribution in [0.15, 0.2) is 0 Å². The molecule has 1 atom stereocenters. The van der Waals surface area contributed by atoms with Crippen molar-refractivity contribution in [2.45, 2.75) is 38.1 Å². The van der Waals surface area contributed by atoms with E-state index in [-0.39, 0.29) is 0 Å². The van der Waals surface area contributed by atoms with Crippen LogP contribution in [-0.4, -0.2) is 50.8 Å². The van der Waals surface area contributed by atoms with E-state index in [4.69, 9.17) is 4.74 Å². The van der Waals surface area contributed by atoms with Crippen LogP contribution in [0.2, 0.25) is 0 Å². The second kappa shape index (κ2) is 6.58. The Morgan fingerprint density at radius 1 is 1.25 bits per heavy atom. The molecular formula is C13H26N2O. The Bertz CT molecular complexity index is 192. The van der Waals surface area contributed by atoms with Crippen molar-refractivity contribution in [3.05, 3.63) is 0 Å². The number of likely N-dealkylation sites (tertiary alicyclic amines) is 1. The van der Waals surface area contributed by atoms with E-state index in [2.05, 4.69) is 10.2 Å². The van der Waals surface area contributed by atoms with Crippen LogP contribution in [0.1, 0.15) is 32.1 Å². The van der Waals surface area contributed by atoms with Gasteiger partial charge in [-0.1, -0.05) is 0 Å². The maximum absolute atomic E-state index is 5.30. The molecule has 94 valence electrons. The van der Waals surface area contributed by atoms with Gasteiger partial charge in [-0.15, -0.1) is 0 Å². The standard InChI is InChI=1S/C13H26N2O/c1-16-11-13-3-2-9-15(13)10-6-12-4-7-14-8-5-12/h12-14H,2-11H2,1H3/t13-/m0/s1. The van der Waals surface area contributed by atoms with E-state index in [1.165, 1.54) is 58.3 Å². The molecule has 1 N–H and O–H groups in total. The van der Waals surface area contributed by atoms with Crippen LogP contribution in [0.5, 0.6) is 0 Å². The lowest BCUT2D eigenvalue weighted by atomic mass is 9.94. The molecule has 0 aromatic heterocycles. The number of ether oxygens (including phenoxy) is 1. The van der Waals surface area contributed by atoms with Crippen molar-refractivity contribution in [2.75, 3.05) is 39.9 Å². The number of nitrogens with zero attached hydrogens (tertiary/aromatic N) is 1. The molecule has 0 amide bonds. The lowest BCUT2D eigenvalue weighted by Crippen LogP contribution is -2.36. The van der Waals surface area contributed by atoms with Crippen LogP contribution in [0.3, 0.4) is 0 Å². The molecule has 2 fully saturated rings. The lowest BCUT2D eigenvalue weighted by Gasteiger charge is -2.28. The van der Waals surface area contributed by atoms with E-state index < -0.39 is 0 Å². The van der Waals surface area contributed by atoms with E-state index in [1.54, 1.807) is 0 Å². The molecule has 3 nitrogen and oxygen atoms in total. The summed E-state index contributed by atoms with van der Waals surface area (Å²) in [5.41, 5.74) is 0. The molecule has 3 heteroatoms. The molecule has 0 spiro atoms. The minimum Gasteiger partial charge on any atom is -0.383 e. The van der Waals surface area contributed by atoms with Crippen molar-refractivity contribution in [2.24, 2.45) is 5.92 Å². The van der Waals surface area contributed by atoms with Crippen LogP contribution in [0, 0.1) is 5.92 Å². The van der Waals surface area contributed by atoms with E-state index in [1.807, 2.05) is 7.11 Å². The van der Waals surface area contributed by atoms with Gasteiger partial charge in [0.2, 0.25) is 0 Å². The number of piperidine rings is 1. The summed E-state index contributed by atoms with van der Waals surface area (Å²) < 4.78 is 5.30. The third-order valence-electron chi connectivity index (χ3n) is 4.14. The summed E-state index contributed by atoms with van der Waals surface area (Å²) in [5, 5.41) is 3.44. The average molecular weight is 226 g/mol. The summed E-state index contributed by atoms with van der Waals surface area (Å²) in [7, 11) is 1.82. The Hall–Kier alpha value is -0.120. The highest BCUT2D eigenvalue weighted by Crippen LogP contribution is 2.21. The summed E-state index contributed by atoms with van der Waals surface area (Å²) in [4.78, 5) is 2.64. The van der Waals surface area contributed by atoms with E-state index in [0.29, 0.717) is 6.04 Å². The predicted octanol–water partition coefficient (Wildman–Crippen LogP) is 1.49. The highest BCUT2D eigenvalue weighted by atomic mass is 16.5. The number of nitrogens with one attached hydrogen (secondary N) is 1. The zero-order chi connectivity index (χ0) is 11.2. The smallest absolute Gasteiger partial charge is 0.0618 e. The molecule has 0 saturated carbocycles. The van der Waals surface area contributed by atoms with Gasteiger partial charge in [-0.25, -0.2) is 0 Å². The molecule has 0 radical (unpaired) electrons. The van der Waals surface area contributed by atoms with E-state index in [9.17, 15) is 0 Å². The zero-order valence-electron chi connectivity index (χ0n) is 10.6. The van der Waals surface area contributed by atoms with Gasteiger partial charge in [0.25, 0.3) is 0 Å². The van der Waals surface area contributed by atoms with Crippen LogP contribution in [0.4, 0.5) is 0 Å². The Kier molecular flexibility index (Phi) is 5.07. The molecule has 2 aliphatic heterocycles. The first kappa shape index (κ1) is 12.3. The fourth-order valence-corrected chi connectivity index (χ4v) is 3.09. The number of hydrogen-bond donors (Lipinski definition) is 1. The highest BCUT2D eigenvalue weighted by Gasteiger charge is 2.24. The van der Waals surface area contributed by atoms with E-state index in [0.717, 1.165) is 12.5 Å². The third-order valence-corrected chi connectivity index (χ3v) is 4.14. The SMILES string of the molecule is COC[C@@H]1CCCN1CCC1CCNCC1. The molecule has 0 aromatic rings. The van der Waals surface area contributed by atoms with Gasteiger partial charge in [0, 0.05) is 13.2 Å². The van der Waals surface area contributed by atoms with Crippen LogP contribution < -0.4 is 5.32 Å². The van der Waals surface area contributed by atoms with Crippen LogP contribution in [0.25, 0.3) is 0 Å². The predicted molar refractivity (Wildman–Crippen MR) is 66.7 cm³/mol. The average Bonchev–Trinajstić information content (AvgIpc) is 2.76. The Labute approximate surface area is 99.5 Å². The normalized spacial score (nSPS) is 28.7. The van der Waals surface area contributed by atoms with Gasteiger partial charge in [0.15, 0.2) is 0 Å². The molecule has 2 saturated heterocycles. The van der Waals surface area contributed by atoms with Crippen LogP contribution in [-0.2, 0) is 4.74 Å². The molecule has 2 heterocycles. The molecule has 16 heavy (non-hydrogen) atoms. The third kappa shape index (κ3) is 3.44. The molecule has 2 aliphatic rings. The van der Waals surface area contributed by atoms with Crippen molar-refractivity contribution in [3.8, 4) is 0 Å². The summed E-state index contributed by atoms with van der Waals surface area (Å²) in [6, 6.07) is 0.701. The van der Waals surface area contributed by atoms with Crippen molar-refractivity contribution in [1.82, 2.24) is 10.2 Å². The van der Waals surface area contributed by atoms with Gasteiger partial charge in [0.1, 0.15) is 0 Å². The zero-order valence-corrected chi connectivity index (χ0v) is 10.6. The Morgan fingerprint density at radius 3 is 2.81 bits per heavy atom. The number of rotatable bonds is 5. The van der Waals surface area contributed by atoms with Gasteiger partial charge in [-0.2, -0.15) is 0 Å². The molecule has 0 bridgehead atoms. The summed E-state index contributed by atoms with van der Waals surface area (Å²) in [5.74, 6) is 0.963. The minimum absolute atomic E-state index is 0.701. The molecule has 0 aliphatic carbocycles. The summed E-state index contributed by atoms with van der Waals surface area (Å²) in [6.07, 6.45) is 6.84. The first-order chi connectivity index (χ1) is 7.90. The second-order valence-corrected chi connectivity index (χ2v) is 5.27. The highest BCUT2D eigenvalue weighted by molar-refractivity contribution is 4.80. The van der Waals surface area contributed by atoms with Gasteiger partial charge < -0.3 is 10.1 Å². The minimum atomic E-state index is 0.701. The van der Waals surface area contributed by atoms with Gasteiger partial charge >= 0.3 is 0 Å². The largest absolute Gasteiger partial charge is 0.383 e. The Morgan fingerprint density at radius 2 is 2.06 bits per heavy atom. The van der Waals surface area contributed by atoms with Crippen molar-refractivity contribution in [1.29, 1.82) is 0 Å². The molecule has 0 aromatic carbocycles. The monoisotopic (exact) mass is 226 g/mol. The molecular weight excluding hydrogens is 200 g/mol. The van der Waals surface area contributed by atoms with Crippen molar-refractivity contribution >= 4 is 0 Å². The first-order valence-electron chi connectivity index (χ1n) is 6.84. The summed E-state index contributed by atoms with van der Waals surface area (Å²) >= 11 is 0. The number of hydrogen-bond acceptors (Lipinski definition) is 3. The van der Waals surface area contributed by atoms with Gasteiger partial charge in [-0.05, 0) is 64.2 Å². The molecule has 0 unspecified atom stereocenters. The van der Waals surface area contributed by atoms with Crippen molar-refractivity contribution < 1.29 is 4.74 Å². The maximum atomic E-state index is 5.30. The fourth-order valence-electron chi connectivity index (χ4n) is 3.09. The van der Waals surface area contributed by atoms with Gasteiger partial charge in [0.05, 0.1) is 6.61 Å². The lowest BCUT2D eigenvalue weighted by molar-refractivity contribution is 0.110. The first-order valence-corrected chi connectivity index (χ1v) is 6.84. The Balaban J connectivity index is 1.67. The number of methoxy groups -OCH3 is 1. The van der Waals surface area contributed by atoms with E-state index >= 15 is 0 Å². The fraction of sp³-hybridized carbons (Fsp3) is 1.00. The van der Waals surface area contributed by atoms with Crippen LogP contribution >= 0.6 is 0 Å². The molecule has 2 rings (SSSR count). The topological polar surface area (TPSA) is 24.5 Å². The van der Waals surface area contributed by atoms with Crippen molar-refractivity contribution in [3.63, 3.8) is 0 Å². The second-order valence-electron chi connectivity index (χ2n) is 5.27.